The highest BCUT2D eigenvalue weighted by atomic mass is 127. The monoisotopic (exact) mass is 495 g/mol. The first-order valence-electron chi connectivity index (χ1n) is 9.54. The Kier molecular flexibility index (Phi) is 13.5. The molecular weight excluding hydrogens is 457 g/mol. The molecule has 0 radical (unpaired) electrons. The average Bonchev–Trinajstić information content (AvgIpc) is 2.92. The van der Waals surface area contributed by atoms with Crippen molar-refractivity contribution in [2.24, 2.45) is 4.99 Å². The lowest BCUT2D eigenvalue weighted by Gasteiger charge is -2.30. The SMILES string of the molecule is CCc1nc(CCNC(=NC)NCCCN(C(C)C)C(C)C)sc1C.I. The molecule has 0 aliphatic rings. The lowest BCUT2D eigenvalue weighted by atomic mass is 10.2. The smallest absolute Gasteiger partial charge is 0.190 e. The molecule has 1 aromatic heterocycles. The van der Waals surface area contributed by atoms with Gasteiger partial charge in [-0.15, -0.1) is 35.3 Å². The van der Waals surface area contributed by atoms with Crippen LogP contribution in [0, 0.1) is 6.92 Å². The van der Waals surface area contributed by atoms with Gasteiger partial charge in [-0.05, 0) is 47.5 Å². The van der Waals surface area contributed by atoms with Crippen LogP contribution in [0.1, 0.15) is 56.6 Å². The van der Waals surface area contributed by atoms with Crippen molar-refractivity contribution >= 4 is 41.3 Å². The van der Waals surface area contributed by atoms with Crippen LogP contribution in [-0.2, 0) is 12.8 Å². The fourth-order valence-electron chi connectivity index (χ4n) is 3.01. The molecule has 0 aliphatic carbocycles. The average molecular weight is 496 g/mol. The number of guanidine groups is 1. The van der Waals surface area contributed by atoms with Crippen LogP contribution < -0.4 is 10.6 Å². The first kappa shape index (κ1) is 25.6. The van der Waals surface area contributed by atoms with E-state index in [2.05, 4.69) is 62.1 Å². The lowest BCUT2D eigenvalue weighted by Crippen LogP contribution is -2.41. The quantitative estimate of drug-likeness (QED) is 0.224. The van der Waals surface area contributed by atoms with Crippen molar-refractivity contribution in [1.29, 1.82) is 0 Å². The van der Waals surface area contributed by atoms with Gasteiger partial charge in [0.05, 0.1) is 10.7 Å². The largest absolute Gasteiger partial charge is 0.356 e. The zero-order valence-electron chi connectivity index (χ0n) is 17.6. The first-order chi connectivity index (χ1) is 11.9. The number of aliphatic imine (C=N–C) groups is 1. The van der Waals surface area contributed by atoms with Crippen LogP contribution in [0.25, 0.3) is 0 Å². The van der Waals surface area contributed by atoms with Crippen molar-refractivity contribution in [3.63, 3.8) is 0 Å². The zero-order chi connectivity index (χ0) is 18.8. The minimum Gasteiger partial charge on any atom is -0.356 e. The topological polar surface area (TPSA) is 52.6 Å². The van der Waals surface area contributed by atoms with E-state index in [1.807, 2.05) is 18.4 Å². The number of thiazole rings is 1. The van der Waals surface area contributed by atoms with Crippen molar-refractivity contribution < 1.29 is 0 Å². The summed E-state index contributed by atoms with van der Waals surface area (Å²) in [5.41, 5.74) is 1.24. The van der Waals surface area contributed by atoms with Gasteiger partial charge in [0.25, 0.3) is 0 Å². The van der Waals surface area contributed by atoms with E-state index >= 15 is 0 Å². The summed E-state index contributed by atoms with van der Waals surface area (Å²) in [6, 6.07) is 1.18. The van der Waals surface area contributed by atoms with Gasteiger partial charge in [0.2, 0.25) is 0 Å². The highest BCUT2D eigenvalue weighted by Crippen LogP contribution is 2.17. The Morgan fingerprint density at radius 3 is 2.27 bits per heavy atom. The standard InChI is InChI=1S/C19H37N5S.HI/c1-8-17-16(6)25-18(23-17)10-12-22-19(20-7)21-11-9-13-24(14(2)3)15(4)5;/h14-15H,8-13H2,1-7H3,(H2,20,21,22);1H. The van der Waals surface area contributed by atoms with Crippen LogP contribution in [-0.4, -0.2) is 54.6 Å². The molecule has 0 saturated heterocycles. The maximum atomic E-state index is 4.69. The molecule has 1 heterocycles. The van der Waals surface area contributed by atoms with Gasteiger partial charge in [-0.3, -0.25) is 9.89 Å². The summed E-state index contributed by atoms with van der Waals surface area (Å²) in [7, 11) is 1.83. The molecule has 0 atom stereocenters. The molecule has 0 aromatic carbocycles. The zero-order valence-corrected chi connectivity index (χ0v) is 20.7. The maximum Gasteiger partial charge on any atom is 0.190 e. The van der Waals surface area contributed by atoms with E-state index in [4.69, 9.17) is 4.98 Å². The Morgan fingerprint density at radius 1 is 1.15 bits per heavy atom. The summed E-state index contributed by atoms with van der Waals surface area (Å²) in [6.45, 7) is 16.3. The Balaban J connectivity index is 0.00000625. The molecule has 0 saturated carbocycles. The van der Waals surface area contributed by atoms with Crippen LogP contribution in [0.2, 0.25) is 0 Å². The molecule has 152 valence electrons. The molecule has 7 heteroatoms. The van der Waals surface area contributed by atoms with Gasteiger partial charge in [-0.25, -0.2) is 4.98 Å². The third-order valence-electron chi connectivity index (χ3n) is 4.34. The molecular formula is C19H38IN5S. The number of aromatic nitrogens is 1. The number of rotatable bonds is 10. The summed E-state index contributed by atoms with van der Waals surface area (Å²) in [5.74, 6) is 0.879. The second-order valence-electron chi connectivity index (χ2n) is 6.92. The second kappa shape index (κ2) is 13.7. The summed E-state index contributed by atoms with van der Waals surface area (Å²) in [5, 5.41) is 8.01. The van der Waals surface area contributed by atoms with Crippen molar-refractivity contribution in [3.05, 3.63) is 15.6 Å². The van der Waals surface area contributed by atoms with E-state index in [0.29, 0.717) is 12.1 Å². The van der Waals surface area contributed by atoms with E-state index < -0.39 is 0 Å². The van der Waals surface area contributed by atoms with Crippen molar-refractivity contribution in [2.75, 3.05) is 26.7 Å². The van der Waals surface area contributed by atoms with Gasteiger partial charge in [-0.1, -0.05) is 6.92 Å². The molecule has 26 heavy (non-hydrogen) atoms. The van der Waals surface area contributed by atoms with E-state index in [0.717, 1.165) is 44.9 Å². The molecule has 0 fully saturated rings. The van der Waals surface area contributed by atoms with Crippen LogP contribution in [0.3, 0.4) is 0 Å². The van der Waals surface area contributed by atoms with Gasteiger partial charge < -0.3 is 10.6 Å². The van der Waals surface area contributed by atoms with Gasteiger partial charge in [-0.2, -0.15) is 0 Å². The van der Waals surface area contributed by atoms with Crippen LogP contribution in [0.4, 0.5) is 0 Å². The predicted molar refractivity (Wildman–Crippen MR) is 126 cm³/mol. The van der Waals surface area contributed by atoms with E-state index in [1.165, 1.54) is 15.6 Å². The third-order valence-corrected chi connectivity index (χ3v) is 5.41. The van der Waals surface area contributed by atoms with Crippen LogP contribution in [0.15, 0.2) is 4.99 Å². The second-order valence-corrected chi connectivity index (χ2v) is 8.21. The first-order valence-corrected chi connectivity index (χ1v) is 10.4. The highest BCUT2D eigenvalue weighted by Gasteiger charge is 2.12. The number of nitrogens with zero attached hydrogens (tertiary/aromatic N) is 3. The summed E-state index contributed by atoms with van der Waals surface area (Å²) in [4.78, 5) is 12.9. The normalized spacial score (nSPS) is 12.0. The molecule has 0 amide bonds. The number of aryl methyl sites for hydroxylation is 2. The van der Waals surface area contributed by atoms with Crippen molar-refractivity contribution in [3.8, 4) is 0 Å². The van der Waals surface area contributed by atoms with E-state index in [-0.39, 0.29) is 24.0 Å². The Hall–Kier alpha value is -0.410. The van der Waals surface area contributed by atoms with Crippen LogP contribution in [0.5, 0.6) is 0 Å². The van der Waals surface area contributed by atoms with Crippen molar-refractivity contribution in [1.82, 2.24) is 20.5 Å². The number of hydrogen-bond donors (Lipinski definition) is 2. The number of nitrogens with one attached hydrogen (secondary N) is 2. The summed E-state index contributed by atoms with van der Waals surface area (Å²) in [6.07, 6.45) is 3.08. The molecule has 5 nitrogen and oxygen atoms in total. The Bertz CT molecular complexity index is 520. The lowest BCUT2D eigenvalue weighted by molar-refractivity contribution is 0.173. The molecule has 0 spiro atoms. The van der Waals surface area contributed by atoms with Gasteiger partial charge in [0, 0.05) is 50.1 Å². The summed E-state index contributed by atoms with van der Waals surface area (Å²) >= 11 is 1.81. The molecule has 0 bridgehead atoms. The molecule has 0 unspecified atom stereocenters. The third kappa shape index (κ3) is 8.99. The van der Waals surface area contributed by atoms with E-state index in [1.54, 1.807) is 0 Å². The van der Waals surface area contributed by atoms with Gasteiger partial charge >= 0.3 is 0 Å². The minimum absolute atomic E-state index is 0. The number of hydrogen-bond acceptors (Lipinski definition) is 4. The maximum absolute atomic E-state index is 4.69. The Labute approximate surface area is 181 Å². The molecule has 1 rings (SSSR count). The minimum atomic E-state index is 0. The van der Waals surface area contributed by atoms with Crippen molar-refractivity contribution in [2.45, 2.75) is 72.9 Å². The summed E-state index contributed by atoms with van der Waals surface area (Å²) < 4.78 is 0. The predicted octanol–water partition coefficient (Wildman–Crippen LogP) is 3.85. The van der Waals surface area contributed by atoms with Gasteiger partial charge in [0.1, 0.15) is 0 Å². The Morgan fingerprint density at radius 2 is 1.77 bits per heavy atom. The van der Waals surface area contributed by atoms with Gasteiger partial charge in [0.15, 0.2) is 5.96 Å². The highest BCUT2D eigenvalue weighted by molar-refractivity contribution is 14.0. The van der Waals surface area contributed by atoms with Crippen LogP contribution >= 0.6 is 35.3 Å². The fourth-order valence-corrected chi connectivity index (χ4v) is 4.03. The molecule has 2 N–H and O–H groups in total. The fraction of sp³-hybridized carbons (Fsp3) is 0.789. The molecule has 1 aromatic rings. The molecule has 0 aliphatic heterocycles. The number of halogens is 1. The van der Waals surface area contributed by atoms with E-state index in [9.17, 15) is 0 Å².